The summed E-state index contributed by atoms with van der Waals surface area (Å²) in [7, 11) is 0. The molecule has 1 amide bonds. The van der Waals surface area contributed by atoms with Crippen LogP contribution >= 0.6 is 15.9 Å². The molecule has 1 aliphatic rings. The molecule has 0 spiro atoms. The van der Waals surface area contributed by atoms with Crippen LogP contribution in [0, 0.1) is 0 Å². The molecule has 2 aromatic carbocycles. The fraction of sp³-hybridized carbons (Fsp3) is 0.316. The number of carbonyl (C=O) groups excluding carboxylic acids is 1. The summed E-state index contributed by atoms with van der Waals surface area (Å²) < 4.78 is 1.03. The molecule has 1 unspecified atom stereocenters. The lowest BCUT2D eigenvalue weighted by molar-refractivity contribution is -0.131. The van der Waals surface area contributed by atoms with Gasteiger partial charge in [0.25, 0.3) is 0 Å². The molecule has 24 heavy (non-hydrogen) atoms. The van der Waals surface area contributed by atoms with E-state index in [4.69, 9.17) is 0 Å². The van der Waals surface area contributed by atoms with Gasteiger partial charge in [0.05, 0.1) is 0 Å². The SMILES string of the molecule is CC(Nc1ccc(Br)cc1)C(=O)N1CCN(c2ccccc2)CC1. The highest BCUT2D eigenvalue weighted by Gasteiger charge is 2.24. The molecule has 0 radical (unpaired) electrons. The second-order valence-corrected chi connectivity index (χ2v) is 6.94. The van der Waals surface area contributed by atoms with Gasteiger partial charge in [0.1, 0.15) is 6.04 Å². The van der Waals surface area contributed by atoms with Crippen LogP contribution in [0.2, 0.25) is 0 Å². The van der Waals surface area contributed by atoms with E-state index in [9.17, 15) is 4.79 Å². The van der Waals surface area contributed by atoms with Crippen LogP contribution in [0.25, 0.3) is 0 Å². The predicted octanol–water partition coefficient (Wildman–Crippen LogP) is 3.60. The number of nitrogens with zero attached hydrogens (tertiary/aromatic N) is 2. The average molecular weight is 388 g/mol. The fourth-order valence-electron chi connectivity index (χ4n) is 2.96. The number of hydrogen-bond donors (Lipinski definition) is 1. The quantitative estimate of drug-likeness (QED) is 0.870. The van der Waals surface area contributed by atoms with E-state index in [2.05, 4.69) is 50.4 Å². The zero-order valence-corrected chi connectivity index (χ0v) is 15.4. The second-order valence-electron chi connectivity index (χ2n) is 6.02. The van der Waals surface area contributed by atoms with Gasteiger partial charge in [-0.3, -0.25) is 4.79 Å². The van der Waals surface area contributed by atoms with Crippen molar-refractivity contribution in [2.45, 2.75) is 13.0 Å². The van der Waals surface area contributed by atoms with Crippen LogP contribution < -0.4 is 10.2 Å². The Morgan fingerprint density at radius 2 is 1.62 bits per heavy atom. The number of para-hydroxylation sites is 1. The molecule has 0 saturated carbocycles. The van der Waals surface area contributed by atoms with Crippen LogP contribution in [-0.4, -0.2) is 43.0 Å². The summed E-state index contributed by atoms with van der Waals surface area (Å²) in [4.78, 5) is 16.9. The Hall–Kier alpha value is -2.01. The van der Waals surface area contributed by atoms with Crippen molar-refractivity contribution in [3.63, 3.8) is 0 Å². The van der Waals surface area contributed by atoms with Crippen LogP contribution in [0.4, 0.5) is 11.4 Å². The first-order valence-electron chi connectivity index (χ1n) is 8.24. The number of halogens is 1. The summed E-state index contributed by atoms with van der Waals surface area (Å²) in [6, 6.07) is 18.0. The standard InChI is InChI=1S/C19H22BrN3O/c1-15(21-17-9-7-16(20)8-10-17)19(24)23-13-11-22(12-14-23)18-5-3-2-4-6-18/h2-10,15,21H,11-14H2,1H3. The third-order valence-corrected chi connectivity index (χ3v) is 4.84. The molecular weight excluding hydrogens is 366 g/mol. The Kier molecular flexibility index (Phi) is 5.41. The van der Waals surface area contributed by atoms with E-state index in [-0.39, 0.29) is 11.9 Å². The monoisotopic (exact) mass is 387 g/mol. The van der Waals surface area contributed by atoms with E-state index in [0.29, 0.717) is 0 Å². The molecule has 2 aromatic rings. The van der Waals surface area contributed by atoms with E-state index in [1.54, 1.807) is 0 Å². The van der Waals surface area contributed by atoms with Crippen molar-refractivity contribution in [3.05, 3.63) is 59.1 Å². The van der Waals surface area contributed by atoms with E-state index in [0.717, 1.165) is 36.3 Å². The number of anilines is 2. The molecule has 1 aliphatic heterocycles. The van der Waals surface area contributed by atoms with Gasteiger partial charge in [-0.05, 0) is 43.3 Å². The van der Waals surface area contributed by atoms with E-state index in [1.165, 1.54) is 5.69 Å². The maximum atomic E-state index is 12.6. The smallest absolute Gasteiger partial charge is 0.244 e. The fourth-order valence-corrected chi connectivity index (χ4v) is 3.22. The first kappa shape index (κ1) is 16.8. The van der Waals surface area contributed by atoms with Gasteiger partial charge >= 0.3 is 0 Å². The van der Waals surface area contributed by atoms with Crippen molar-refractivity contribution in [2.75, 3.05) is 36.4 Å². The summed E-state index contributed by atoms with van der Waals surface area (Å²) >= 11 is 3.42. The van der Waals surface area contributed by atoms with Crippen LogP contribution in [0.1, 0.15) is 6.92 Å². The molecule has 1 heterocycles. The molecule has 0 bridgehead atoms. The van der Waals surface area contributed by atoms with Gasteiger partial charge in [-0.2, -0.15) is 0 Å². The second kappa shape index (κ2) is 7.71. The number of rotatable bonds is 4. The minimum Gasteiger partial charge on any atom is -0.374 e. The molecule has 1 saturated heterocycles. The van der Waals surface area contributed by atoms with E-state index >= 15 is 0 Å². The maximum absolute atomic E-state index is 12.6. The van der Waals surface area contributed by atoms with Crippen molar-refractivity contribution < 1.29 is 4.79 Å². The zero-order valence-electron chi connectivity index (χ0n) is 13.8. The largest absolute Gasteiger partial charge is 0.374 e. The topological polar surface area (TPSA) is 35.6 Å². The first-order chi connectivity index (χ1) is 11.6. The number of benzene rings is 2. The van der Waals surface area contributed by atoms with E-state index in [1.807, 2.05) is 42.2 Å². The summed E-state index contributed by atoms with van der Waals surface area (Å²) in [5, 5.41) is 3.28. The Morgan fingerprint density at radius 1 is 1.00 bits per heavy atom. The summed E-state index contributed by atoms with van der Waals surface area (Å²) in [6.07, 6.45) is 0. The maximum Gasteiger partial charge on any atom is 0.244 e. The molecule has 0 aromatic heterocycles. The molecule has 0 aliphatic carbocycles. The Bertz CT molecular complexity index is 667. The normalized spacial score (nSPS) is 15.9. The minimum absolute atomic E-state index is 0.158. The number of piperazine rings is 1. The van der Waals surface area contributed by atoms with Gasteiger partial charge in [-0.15, -0.1) is 0 Å². The lowest BCUT2D eigenvalue weighted by Gasteiger charge is -2.37. The van der Waals surface area contributed by atoms with Gasteiger partial charge in [-0.25, -0.2) is 0 Å². The molecule has 3 rings (SSSR count). The van der Waals surface area contributed by atoms with Gasteiger partial charge in [0.15, 0.2) is 0 Å². The van der Waals surface area contributed by atoms with Crippen molar-refractivity contribution in [2.24, 2.45) is 0 Å². The Labute approximate surface area is 151 Å². The molecule has 1 N–H and O–H groups in total. The number of nitrogens with one attached hydrogen (secondary N) is 1. The number of carbonyl (C=O) groups is 1. The third kappa shape index (κ3) is 4.09. The van der Waals surface area contributed by atoms with Crippen molar-refractivity contribution in [1.82, 2.24) is 4.90 Å². The van der Waals surface area contributed by atoms with Crippen LogP contribution in [0.3, 0.4) is 0 Å². The molecule has 5 heteroatoms. The number of hydrogen-bond acceptors (Lipinski definition) is 3. The van der Waals surface area contributed by atoms with Crippen LogP contribution in [0.5, 0.6) is 0 Å². The molecule has 1 atom stereocenters. The van der Waals surface area contributed by atoms with Crippen LogP contribution in [0.15, 0.2) is 59.1 Å². The van der Waals surface area contributed by atoms with Crippen molar-refractivity contribution in [3.8, 4) is 0 Å². The summed E-state index contributed by atoms with van der Waals surface area (Å²) in [5.41, 5.74) is 2.19. The van der Waals surface area contributed by atoms with Gasteiger partial charge < -0.3 is 15.1 Å². The Balaban J connectivity index is 1.53. The Morgan fingerprint density at radius 3 is 2.25 bits per heavy atom. The lowest BCUT2D eigenvalue weighted by Crippen LogP contribution is -2.52. The van der Waals surface area contributed by atoms with Gasteiger partial charge in [-0.1, -0.05) is 34.1 Å². The van der Waals surface area contributed by atoms with E-state index < -0.39 is 0 Å². The molecule has 126 valence electrons. The van der Waals surface area contributed by atoms with Crippen LogP contribution in [-0.2, 0) is 4.79 Å². The molecule has 1 fully saturated rings. The van der Waals surface area contributed by atoms with Gasteiger partial charge in [0, 0.05) is 42.0 Å². The third-order valence-electron chi connectivity index (χ3n) is 4.31. The average Bonchev–Trinajstić information content (AvgIpc) is 2.64. The minimum atomic E-state index is -0.227. The molecular formula is C19H22BrN3O. The first-order valence-corrected chi connectivity index (χ1v) is 9.03. The predicted molar refractivity (Wildman–Crippen MR) is 102 cm³/mol. The van der Waals surface area contributed by atoms with Gasteiger partial charge in [0.2, 0.25) is 5.91 Å². The van der Waals surface area contributed by atoms with Crippen molar-refractivity contribution in [1.29, 1.82) is 0 Å². The highest BCUT2D eigenvalue weighted by atomic mass is 79.9. The zero-order chi connectivity index (χ0) is 16.9. The highest BCUT2D eigenvalue weighted by Crippen LogP contribution is 2.18. The highest BCUT2D eigenvalue weighted by molar-refractivity contribution is 9.10. The molecule has 4 nitrogen and oxygen atoms in total. The summed E-state index contributed by atoms with van der Waals surface area (Å²) in [6.45, 7) is 5.20. The number of amides is 1. The summed E-state index contributed by atoms with van der Waals surface area (Å²) in [5.74, 6) is 0.158. The lowest BCUT2D eigenvalue weighted by atomic mass is 10.2. The van der Waals surface area contributed by atoms with Crippen molar-refractivity contribution >= 4 is 33.2 Å².